The van der Waals surface area contributed by atoms with Gasteiger partial charge in [0.15, 0.2) is 0 Å². The topological polar surface area (TPSA) is 149 Å². The molecule has 1 aliphatic rings. The minimum absolute atomic E-state index is 0.136. The number of anilines is 1. The molecule has 12 heteroatoms. The third kappa shape index (κ3) is 4.26. The molecule has 2 amide bonds. The number of hydrogen-bond donors (Lipinski definition) is 3. The zero-order valence-electron chi connectivity index (χ0n) is 16.5. The smallest absolute Gasteiger partial charge is 0.341 e. The molecule has 10 nitrogen and oxygen atoms in total. The van der Waals surface area contributed by atoms with Crippen LogP contribution in [0, 0.1) is 18.2 Å². The van der Waals surface area contributed by atoms with Gasteiger partial charge < -0.3 is 11.1 Å². The Bertz CT molecular complexity index is 1380. The molecule has 0 fully saturated rings. The maximum absolute atomic E-state index is 14.5. The Labute approximate surface area is 184 Å². The van der Waals surface area contributed by atoms with Crippen molar-refractivity contribution in [2.24, 2.45) is 5.73 Å². The fraction of sp³-hybridized carbons (Fsp3) is 0.250. The Kier molecular flexibility index (Phi) is 6.45. The number of aromatic nitrogens is 3. The van der Waals surface area contributed by atoms with Crippen LogP contribution in [-0.2, 0) is 16.1 Å². The standard InChI is InChI=1S/C20H17ClFN5O5/c1-2-7-26-18(30)25-19(31)27(20(26)32)15-9-14(13(22)8-12(15)21)24-17(29)11-6-4-3-5-10(11)16(23)28/h1,8-9H,3-7H2,(H2,23,28)(H,24,29)(H,25,30,31). The van der Waals surface area contributed by atoms with Crippen LogP contribution in [0.3, 0.4) is 0 Å². The first-order chi connectivity index (χ1) is 15.1. The zero-order valence-corrected chi connectivity index (χ0v) is 17.3. The number of nitrogens with zero attached hydrogens (tertiary/aromatic N) is 2. The predicted molar refractivity (Wildman–Crippen MR) is 114 cm³/mol. The van der Waals surface area contributed by atoms with Gasteiger partial charge in [-0.15, -0.1) is 6.42 Å². The molecule has 1 heterocycles. The molecule has 0 radical (unpaired) electrons. The fourth-order valence-electron chi connectivity index (χ4n) is 3.38. The summed E-state index contributed by atoms with van der Waals surface area (Å²) in [6, 6.07) is 1.75. The van der Waals surface area contributed by atoms with Gasteiger partial charge in [0, 0.05) is 11.1 Å². The van der Waals surface area contributed by atoms with Gasteiger partial charge in [0.25, 0.3) is 5.91 Å². The Hall–Kier alpha value is -3.91. The number of aromatic amines is 1. The van der Waals surface area contributed by atoms with Crippen molar-refractivity contribution >= 4 is 29.1 Å². The summed E-state index contributed by atoms with van der Waals surface area (Å²) in [6.07, 6.45) is 7.09. The molecular formula is C20H17ClFN5O5. The summed E-state index contributed by atoms with van der Waals surface area (Å²) in [7, 11) is 0. The van der Waals surface area contributed by atoms with E-state index in [-0.39, 0.29) is 28.3 Å². The number of rotatable bonds is 5. The molecule has 0 spiro atoms. The lowest BCUT2D eigenvalue weighted by molar-refractivity contribution is -0.116. The molecule has 0 unspecified atom stereocenters. The Morgan fingerprint density at radius 1 is 1.19 bits per heavy atom. The first kappa shape index (κ1) is 22.8. The van der Waals surface area contributed by atoms with Crippen molar-refractivity contribution in [1.82, 2.24) is 14.1 Å². The number of terminal acetylenes is 1. The molecule has 1 aromatic carbocycles. The Balaban J connectivity index is 2.12. The van der Waals surface area contributed by atoms with E-state index in [1.807, 2.05) is 4.98 Å². The molecule has 32 heavy (non-hydrogen) atoms. The number of benzene rings is 1. The zero-order chi connectivity index (χ0) is 23.6. The predicted octanol–water partition coefficient (Wildman–Crippen LogP) is 0.408. The van der Waals surface area contributed by atoms with Crippen molar-refractivity contribution in [2.45, 2.75) is 32.2 Å². The van der Waals surface area contributed by atoms with E-state index in [1.54, 1.807) is 0 Å². The lowest BCUT2D eigenvalue weighted by atomic mass is 9.90. The van der Waals surface area contributed by atoms with Crippen LogP contribution in [-0.4, -0.2) is 25.9 Å². The van der Waals surface area contributed by atoms with Crippen molar-refractivity contribution in [3.05, 3.63) is 65.6 Å². The number of nitrogens with two attached hydrogens (primary N) is 1. The number of carbonyl (C=O) groups is 2. The van der Waals surface area contributed by atoms with Crippen molar-refractivity contribution in [1.29, 1.82) is 0 Å². The van der Waals surface area contributed by atoms with E-state index in [2.05, 4.69) is 11.2 Å². The highest BCUT2D eigenvalue weighted by Crippen LogP contribution is 2.29. The largest absolute Gasteiger partial charge is 0.366 e. The van der Waals surface area contributed by atoms with Crippen LogP contribution in [0.1, 0.15) is 25.7 Å². The van der Waals surface area contributed by atoms with Crippen LogP contribution >= 0.6 is 11.6 Å². The van der Waals surface area contributed by atoms with Crippen LogP contribution in [0.2, 0.25) is 5.02 Å². The number of halogens is 2. The molecule has 2 aromatic rings. The third-order valence-electron chi connectivity index (χ3n) is 4.90. The van der Waals surface area contributed by atoms with Crippen molar-refractivity contribution in [3.63, 3.8) is 0 Å². The van der Waals surface area contributed by atoms with Crippen LogP contribution < -0.4 is 28.1 Å². The van der Waals surface area contributed by atoms with E-state index in [0.29, 0.717) is 28.4 Å². The minimum Gasteiger partial charge on any atom is -0.366 e. The highest BCUT2D eigenvalue weighted by Gasteiger charge is 2.24. The summed E-state index contributed by atoms with van der Waals surface area (Å²) in [5.74, 6) is -0.325. The number of carbonyl (C=O) groups excluding carboxylic acids is 2. The van der Waals surface area contributed by atoms with Gasteiger partial charge in [-0.3, -0.25) is 14.6 Å². The van der Waals surface area contributed by atoms with Crippen molar-refractivity contribution in [3.8, 4) is 18.0 Å². The number of H-pyrrole nitrogens is 1. The maximum Gasteiger partial charge on any atom is 0.341 e. The van der Waals surface area contributed by atoms with Gasteiger partial charge in [-0.05, 0) is 37.8 Å². The molecule has 1 aliphatic carbocycles. The van der Waals surface area contributed by atoms with Gasteiger partial charge in [0.1, 0.15) is 5.82 Å². The van der Waals surface area contributed by atoms with Gasteiger partial charge in [-0.1, -0.05) is 17.5 Å². The second-order valence-corrected chi connectivity index (χ2v) is 7.32. The number of hydrogen-bond acceptors (Lipinski definition) is 5. The van der Waals surface area contributed by atoms with Gasteiger partial charge >= 0.3 is 17.1 Å². The van der Waals surface area contributed by atoms with Gasteiger partial charge in [0.05, 0.1) is 22.9 Å². The van der Waals surface area contributed by atoms with Crippen LogP contribution in [0.5, 0.6) is 0 Å². The normalized spacial score (nSPS) is 13.5. The summed E-state index contributed by atoms with van der Waals surface area (Å²) in [4.78, 5) is 63.1. The molecule has 166 valence electrons. The average molecular weight is 462 g/mol. The summed E-state index contributed by atoms with van der Waals surface area (Å²) < 4.78 is 15.6. The molecular weight excluding hydrogens is 445 g/mol. The van der Waals surface area contributed by atoms with E-state index in [9.17, 15) is 28.4 Å². The van der Waals surface area contributed by atoms with Gasteiger partial charge in [-0.25, -0.2) is 27.9 Å². The number of nitrogens with one attached hydrogen (secondary N) is 2. The molecule has 0 saturated heterocycles. The highest BCUT2D eigenvalue weighted by atomic mass is 35.5. The molecule has 1 aromatic heterocycles. The van der Waals surface area contributed by atoms with E-state index < -0.39 is 46.9 Å². The van der Waals surface area contributed by atoms with Gasteiger partial charge in [-0.2, -0.15) is 0 Å². The van der Waals surface area contributed by atoms with E-state index in [4.69, 9.17) is 23.8 Å². The van der Waals surface area contributed by atoms with Crippen molar-refractivity contribution in [2.75, 3.05) is 5.32 Å². The molecule has 3 rings (SSSR count). The Morgan fingerprint density at radius 2 is 1.84 bits per heavy atom. The first-order valence-corrected chi connectivity index (χ1v) is 9.75. The number of amides is 2. The van der Waals surface area contributed by atoms with Crippen molar-refractivity contribution < 1.29 is 14.0 Å². The maximum atomic E-state index is 14.5. The van der Waals surface area contributed by atoms with Crippen LogP contribution in [0.25, 0.3) is 5.69 Å². The van der Waals surface area contributed by atoms with E-state index >= 15 is 0 Å². The molecule has 0 atom stereocenters. The second-order valence-electron chi connectivity index (χ2n) is 6.91. The molecule has 0 bridgehead atoms. The summed E-state index contributed by atoms with van der Waals surface area (Å²) in [6.45, 7) is -0.430. The fourth-order valence-corrected chi connectivity index (χ4v) is 3.62. The monoisotopic (exact) mass is 461 g/mol. The lowest BCUT2D eigenvalue weighted by Crippen LogP contribution is -2.48. The minimum atomic E-state index is -1.13. The quantitative estimate of drug-likeness (QED) is 0.551. The highest BCUT2D eigenvalue weighted by molar-refractivity contribution is 6.32. The third-order valence-corrected chi connectivity index (χ3v) is 5.20. The second kappa shape index (κ2) is 9.07. The summed E-state index contributed by atoms with van der Waals surface area (Å²) >= 11 is 6.04. The van der Waals surface area contributed by atoms with E-state index in [0.717, 1.165) is 12.1 Å². The Morgan fingerprint density at radius 3 is 2.47 bits per heavy atom. The molecule has 0 saturated carbocycles. The summed E-state index contributed by atoms with van der Waals surface area (Å²) in [5.41, 5.74) is 1.67. The average Bonchev–Trinajstić information content (AvgIpc) is 2.73. The molecule has 0 aliphatic heterocycles. The SMILES string of the molecule is C#CCn1c(=O)[nH]c(=O)n(-c2cc(NC(=O)C3=C(C(N)=O)CCCC3)c(F)cc2Cl)c1=O. The van der Waals surface area contributed by atoms with Crippen LogP contribution in [0.4, 0.5) is 10.1 Å². The van der Waals surface area contributed by atoms with Gasteiger partial charge in [0.2, 0.25) is 5.91 Å². The number of primary amides is 1. The van der Waals surface area contributed by atoms with E-state index in [1.165, 1.54) is 0 Å². The lowest BCUT2D eigenvalue weighted by Gasteiger charge is -2.18. The van der Waals surface area contributed by atoms with Crippen LogP contribution in [0.15, 0.2) is 37.7 Å². The molecule has 4 N–H and O–H groups in total. The first-order valence-electron chi connectivity index (χ1n) is 9.38. The summed E-state index contributed by atoms with van der Waals surface area (Å²) in [5, 5.41) is 1.99.